The molecule has 2 heterocycles. The van der Waals surface area contributed by atoms with Gasteiger partial charge in [0.05, 0.1) is 12.2 Å². The molecule has 17 heavy (non-hydrogen) atoms. The molecule has 2 aromatic heterocycles. The van der Waals surface area contributed by atoms with Gasteiger partial charge in [-0.2, -0.15) is 5.10 Å². The molecule has 0 bridgehead atoms. The van der Waals surface area contributed by atoms with Crippen molar-refractivity contribution in [3.8, 4) is 5.82 Å². The van der Waals surface area contributed by atoms with E-state index in [9.17, 15) is 4.79 Å². The van der Waals surface area contributed by atoms with Crippen LogP contribution in [-0.2, 0) is 6.54 Å². The van der Waals surface area contributed by atoms with E-state index < -0.39 is 0 Å². The zero-order chi connectivity index (χ0) is 12.4. The van der Waals surface area contributed by atoms with E-state index >= 15 is 0 Å². The second kappa shape index (κ2) is 4.50. The highest BCUT2D eigenvalue weighted by Gasteiger charge is 2.06. The van der Waals surface area contributed by atoms with Crippen molar-refractivity contribution in [3.05, 3.63) is 39.9 Å². The summed E-state index contributed by atoms with van der Waals surface area (Å²) in [6, 6.07) is 5.10. The number of nitrogens with zero attached hydrogens (tertiary/aromatic N) is 4. The molecule has 2 rings (SSSR count). The molecular weight excluding hydrogens is 218 g/mol. The molecule has 0 spiro atoms. The van der Waals surface area contributed by atoms with Gasteiger partial charge in [0, 0.05) is 18.3 Å². The van der Waals surface area contributed by atoms with Gasteiger partial charge in [0.15, 0.2) is 5.82 Å². The molecule has 6 nitrogen and oxygen atoms in total. The molecule has 0 aliphatic carbocycles. The van der Waals surface area contributed by atoms with Crippen LogP contribution >= 0.6 is 0 Å². The van der Waals surface area contributed by atoms with Gasteiger partial charge in [-0.15, -0.1) is 5.10 Å². The minimum atomic E-state index is -0.152. The van der Waals surface area contributed by atoms with Gasteiger partial charge < -0.3 is 5.73 Å². The zero-order valence-corrected chi connectivity index (χ0v) is 9.92. The first-order chi connectivity index (χ1) is 8.11. The number of aryl methyl sites for hydroxylation is 2. The molecule has 0 saturated carbocycles. The van der Waals surface area contributed by atoms with E-state index in [1.54, 1.807) is 10.7 Å². The third-order valence-corrected chi connectivity index (χ3v) is 2.42. The summed E-state index contributed by atoms with van der Waals surface area (Å²) < 4.78 is 3.06. The molecule has 0 aliphatic heterocycles. The molecule has 90 valence electrons. The number of nitrogens with two attached hydrogens (primary N) is 1. The molecule has 0 amide bonds. The number of aromatic nitrogens is 4. The molecule has 0 atom stereocenters. The van der Waals surface area contributed by atoms with Crippen LogP contribution in [0.2, 0.25) is 0 Å². The van der Waals surface area contributed by atoms with E-state index in [1.807, 2.05) is 19.9 Å². The summed E-state index contributed by atoms with van der Waals surface area (Å²) >= 11 is 0. The average molecular weight is 233 g/mol. The highest BCUT2D eigenvalue weighted by atomic mass is 16.1. The van der Waals surface area contributed by atoms with E-state index in [2.05, 4.69) is 10.2 Å². The Kier molecular flexibility index (Phi) is 3.06. The fourth-order valence-electron chi connectivity index (χ4n) is 1.69. The molecule has 0 fully saturated rings. The minimum Gasteiger partial charge on any atom is -0.329 e. The molecule has 0 saturated heterocycles. The van der Waals surface area contributed by atoms with Gasteiger partial charge in [-0.25, -0.2) is 9.36 Å². The van der Waals surface area contributed by atoms with Crippen LogP contribution in [0.1, 0.15) is 11.4 Å². The van der Waals surface area contributed by atoms with Crippen molar-refractivity contribution < 1.29 is 0 Å². The van der Waals surface area contributed by atoms with Crippen LogP contribution in [-0.4, -0.2) is 26.1 Å². The largest absolute Gasteiger partial charge is 0.329 e. The van der Waals surface area contributed by atoms with Gasteiger partial charge in [0.25, 0.3) is 5.56 Å². The second-order valence-electron chi connectivity index (χ2n) is 3.88. The third kappa shape index (κ3) is 2.26. The van der Waals surface area contributed by atoms with Crippen molar-refractivity contribution >= 4 is 0 Å². The Bertz CT molecular complexity index is 584. The fourth-order valence-corrected chi connectivity index (χ4v) is 1.69. The van der Waals surface area contributed by atoms with Crippen molar-refractivity contribution in [1.29, 1.82) is 0 Å². The lowest BCUT2D eigenvalue weighted by atomic mass is 10.4. The van der Waals surface area contributed by atoms with E-state index in [-0.39, 0.29) is 5.56 Å². The van der Waals surface area contributed by atoms with E-state index in [1.165, 1.54) is 10.7 Å². The first-order valence-electron chi connectivity index (χ1n) is 5.43. The molecule has 2 aromatic rings. The second-order valence-corrected chi connectivity index (χ2v) is 3.88. The molecular formula is C11H15N5O. The quantitative estimate of drug-likeness (QED) is 0.809. The van der Waals surface area contributed by atoms with E-state index in [0.29, 0.717) is 18.9 Å². The van der Waals surface area contributed by atoms with Gasteiger partial charge in [0.1, 0.15) is 0 Å². The lowest BCUT2D eigenvalue weighted by molar-refractivity contribution is 0.572. The van der Waals surface area contributed by atoms with Crippen LogP contribution in [0.25, 0.3) is 5.82 Å². The minimum absolute atomic E-state index is 0.152. The Labute approximate surface area is 98.7 Å². The Hall–Kier alpha value is -1.95. The molecule has 0 aromatic carbocycles. The molecule has 0 radical (unpaired) electrons. The van der Waals surface area contributed by atoms with Crippen molar-refractivity contribution in [2.45, 2.75) is 20.4 Å². The monoisotopic (exact) mass is 233 g/mol. The average Bonchev–Trinajstić information content (AvgIpc) is 2.61. The van der Waals surface area contributed by atoms with Gasteiger partial charge >= 0.3 is 0 Å². The third-order valence-electron chi connectivity index (χ3n) is 2.42. The van der Waals surface area contributed by atoms with Crippen LogP contribution in [0, 0.1) is 13.8 Å². The highest BCUT2D eigenvalue weighted by molar-refractivity contribution is 5.23. The topological polar surface area (TPSA) is 78.7 Å². The van der Waals surface area contributed by atoms with Crippen LogP contribution in [0.5, 0.6) is 0 Å². The van der Waals surface area contributed by atoms with Crippen LogP contribution < -0.4 is 11.3 Å². The Morgan fingerprint density at radius 1 is 1.29 bits per heavy atom. The molecule has 6 heteroatoms. The zero-order valence-electron chi connectivity index (χ0n) is 9.92. The first kappa shape index (κ1) is 11.5. The van der Waals surface area contributed by atoms with Gasteiger partial charge in [-0.05, 0) is 26.0 Å². The maximum Gasteiger partial charge on any atom is 0.266 e. The number of rotatable bonds is 3. The first-order valence-corrected chi connectivity index (χ1v) is 5.43. The summed E-state index contributed by atoms with van der Waals surface area (Å²) in [4.78, 5) is 11.5. The number of hydrogen-bond acceptors (Lipinski definition) is 4. The van der Waals surface area contributed by atoms with Crippen LogP contribution in [0.3, 0.4) is 0 Å². The predicted octanol–water partition coefficient (Wildman–Crippen LogP) is 0.00454. The van der Waals surface area contributed by atoms with Gasteiger partial charge in [-0.1, -0.05) is 0 Å². The van der Waals surface area contributed by atoms with E-state index in [4.69, 9.17) is 5.73 Å². The van der Waals surface area contributed by atoms with Crippen molar-refractivity contribution in [1.82, 2.24) is 19.6 Å². The van der Waals surface area contributed by atoms with Crippen molar-refractivity contribution in [2.24, 2.45) is 5.73 Å². The molecule has 0 aliphatic rings. The highest BCUT2D eigenvalue weighted by Crippen LogP contribution is 2.07. The Morgan fingerprint density at radius 3 is 2.65 bits per heavy atom. The lowest BCUT2D eigenvalue weighted by Crippen LogP contribution is -2.27. The van der Waals surface area contributed by atoms with Crippen LogP contribution in [0.15, 0.2) is 23.0 Å². The lowest BCUT2D eigenvalue weighted by Gasteiger charge is -2.06. The fraction of sp³-hybridized carbons (Fsp3) is 0.364. The predicted molar refractivity (Wildman–Crippen MR) is 64.1 cm³/mol. The van der Waals surface area contributed by atoms with Crippen LogP contribution in [0.4, 0.5) is 0 Å². The molecule has 0 unspecified atom stereocenters. The summed E-state index contributed by atoms with van der Waals surface area (Å²) in [6.45, 7) is 4.65. The van der Waals surface area contributed by atoms with Crippen molar-refractivity contribution in [2.75, 3.05) is 6.54 Å². The maximum absolute atomic E-state index is 11.5. The smallest absolute Gasteiger partial charge is 0.266 e. The Balaban J connectivity index is 2.49. The molecule has 2 N–H and O–H groups in total. The van der Waals surface area contributed by atoms with Crippen molar-refractivity contribution in [3.63, 3.8) is 0 Å². The van der Waals surface area contributed by atoms with Gasteiger partial charge in [-0.3, -0.25) is 4.79 Å². The summed E-state index contributed by atoms with van der Waals surface area (Å²) in [6.07, 6.45) is 0. The normalized spacial score (nSPS) is 10.8. The van der Waals surface area contributed by atoms with E-state index in [0.717, 1.165) is 11.4 Å². The Morgan fingerprint density at radius 2 is 2.06 bits per heavy atom. The summed E-state index contributed by atoms with van der Waals surface area (Å²) in [7, 11) is 0. The summed E-state index contributed by atoms with van der Waals surface area (Å²) in [5, 5.41) is 8.55. The van der Waals surface area contributed by atoms with Gasteiger partial charge in [0.2, 0.25) is 0 Å². The standard InChI is InChI=1S/C11H15N5O/c1-8-7-9(2)16(13-8)10-3-4-11(17)15(14-10)6-5-12/h3-4,7H,5-6,12H2,1-2H3. The summed E-state index contributed by atoms with van der Waals surface area (Å²) in [5.74, 6) is 0.628. The SMILES string of the molecule is Cc1cc(C)n(-c2ccc(=O)n(CCN)n2)n1. The number of hydrogen-bond donors (Lipinski definition) is 1. The summed E-state index contributed by atoms with van der Waals surface area (Å²) in [5.41, 5.74) is 7.18. The maximum atomic E-state index is 11.5.